The number of methoxy groups -OCH3 is 1. The maximum atomic E-state index is 11.5. The van der Waals surface area contributed by atoms with Crippen LogP contribution in [0.4, 0.5) is 0 Å². The average molecular weight is 182 g/mol. The van der Waals surface area contributed by atoms with Crippen LogP contribution in [0.2, 0.25) is 0 Å². The molecule has 74 valence electrons. The monoisotopic (exact) mass is 182 g/mol. The van der Waals surface area contributed by atoms with E-state index >= 15 is 0 Å². The molecule has 2 nitrogen and oxygen atoms in total. The van der Waals surface area contributed by atoms with E-state index in [1.165, 1.54) is 7.11 Å². The van der Waals surface area contributed by atoms with Crippen molar-refractivity contribution in [3.05, 3.63) is 12.2 Å². The molecule has 0 aromatic rings. The summed E-state index contributed by atoms with van der Waals surface area (Å²) in [6, 6.07) is 0. The van der Waals surface area contributed by atoms with E-state index in [0.717, 1.165) is 18.4 Å². The minimum Gasteiger partial charge on any atom is -0.469 e. The summed E-state index contributed by atoms with van der Waals surface area (Å²) in [4.78, 5) is 11.5. The van der Waals surface area contributed by atoms with Gasteiger partial charge in [0.15, 0.2) is 0 Å². The molecule has 13 heavy (non-hydrogen) atoms. The van der Waals surface area contributed by atoms with Crippen LogP contribution in [-0.2, 0) is 9.53 Å². The molecule has 0 aromatic heterocycles. The van der Waals surface area contributed by atoms with Gasteiger partial charge in [0.05, 0.1) is 13.0 Å². The quantitative estimate of drug-likeness (QED) is 0.484. The molecule has 0 aromatic carbocycles. The molecule has 1 aliphatic rings. The Bertz CT molecular complexity index is 220. The summed E-state index contributed by atoms with van der Waals surface area (Å²) in [6.45, 7) is 8.04. The van der Waals surface area contributed by atoms with Crippen LogP contribution in [0.1, 0.15) is 26.7 Å². The number of allylic oxidation sites excluding steroid dienone is 1. The van der Waals surface area contributed by atoms with E-state index in [0.29, 0.717) is 11.8 Å². The van der Waals surface area contributed by atoms with Crippen LogP contribution in [0.3, 0.4) is 0 Å². The van der Waals surface area contributed by atoms with Crippen molar-refractivity contribution in [3.63, 3.8) is 0 Å². The van der Waals surface area contributed by atoms with Gasteiger partial charge in [-0.25, -0.2) is 0 Å². The second kappa shape index (κ2) is 3.95. The fourth-order valence-electron chi connectivity index (χ4n) is 2.28. The lowest BCUT2D eigenvalue weighted by Crippen LogP contribution is -2.25. The zero-order valence-electron chi connectivity index (χ0n) is 8.67. The van der Waals surface area contributed by atoms with Gasteiger partial charge in [0, 0.05) is 0 Å². The van der Waals surface area contributed by atoms with Crippen LogP contribution in [0.15, 0.2) is 12.2 Å². The Hall–Kier alpha value is -0.790. The molecule has 1 saturated carbocycles. The molecule has 0 spiro atoms. The number of carbonyl (C=O) groups excluding carboxylic acids is 1. The van der Waals surface area contributed by atoms with Gasteiger partial charge in [-0.1, -0.05) is 19.1 Å². The number of esters is 1. The normalized spacial score (nSPS) is 33.0. The van der Waals surface area contributed by atoms with Crippen molar-refractivity contribution in [2.45, 2.75) is 26.7 Å². The van der Waals surface area contributed by atoms with E-state index in [1.807, 2.05) is 6.92 Å². The number of rotatable bonds is 2. The lowest BCUT2D eigenvalue weighted by molar-refractivity contribution is -0.147. The topological polar surface area (TPSA) is 26.3 Å². The first-order valence-electron chi connectivity index (χ1n) is 4.81. The third kappa shape index (κ3) is 1.93. The summed E-state index contributed by atoms with van der Waals surface area (Å²) in [5.41, 5.74) is 1.11. The molecule has 0 amide bonds. The van der Waals surface area contributed by atoms with Crippen molar-refractivity contribution < 1.29 is 9.53 Å². The Balaban J connectivity index is 2.76. The van der Waals surface area contributed by atoms with Gasteiger partial charge < -0.3 is 4.74 Å². The molecule has 0 heterocycles. The lowest BCUT2D eigenvalue weighted by atomic mass is 9.86. The van der Waals surface area contributed by atoms with E-state index in [4.69, 9.17) is 4.74 Å². The molecule has 1 rings (SSSR count). The third-order valence-electron chi connectivity index (χ3n) is 3.09. The Morgan fingerprint density at radius 3 is 2.54 bits per heavy atom. The molecule has 0 radical (unpaired) electrons. The van der Waals surface area contributed by atoms with Gasteiger partial charge in [0.2, 0.25) is 0 Å². The van der Waals surface area contributed by atoms with Gasteiger partial charge >= 0.3 is 5.97 Å². The molecule has 0 bridgehead atoms. The Kier molecular flexibility index (Phi) is 3.12. The van der Waals surface area contributed by atoms with Crippen molar-refractivity contribution in [3.8, 4) is 0 Å². The fourth-order valence-corrected chi connectivity index (χ4v) is 2.28. The first-order valence-corrected chi connectivity index (χ1v) is 4.81. The highest BCUT2D eigenvalue weighted by Gasteiger charge is 2.39. The number of carbonyl (C=O) groups is 1. The van der Waals surface area contributed by atoms with Crippen LogP contribution in [0, 0.1) is 17.8 Å². The van der Waals surface area contributed by atoms with Crippen LogP contribution in [0.25, 0.3) is 0 Å². The van der Waals surface area contributed by atoms with E-state index < -0.39 is 0 Å². The Labute approximate surface area is 80.0 Å². The molecule has 3 atom stereocenters. The van der Waals surface area contributed by atoms with E-state index in [1.54, 1.807) is 0 Å². The predicted octanol–water partition coefficient (Wildman–Crippen LogP) is 2.40. The van der Waals surface area contributed by atoms with Crippen molar-refractivity contribution in [1.82, 2.24) is 0 Å². The molecule has 1 aliphatic carbocycles. The van der Waals surface area contributed by atoms with Crippen LogP contribution < -0.4 is 0 Å². The molecule has 0 saturated heterocycles. The smallest absolute Gasteiger partial charge is 0.309 e. The standard InChI is InChI=1S/C11H18O2/c1-7(2)9-6-5-8(3)10(9)11(12)13-4/h8-10H,1,5-6H2,2-4H3/t8-,9+,10+/m1/s1. The average Bonchev–Trinajstić information content (AvgIpc) is 2.46. The minimum atomic E-state index is -0.0713. The van der Waals surface area contributed by atoms with Crippen molar-refractivity contribution >= 4 is 5.97 Å². The highest BCUT2D eigenvalue weighted by molar-refractivity contribution is 5.73. The number of hydrogen-bond acceptors (Lipinski definition) is 2. The zero-order valence-corrected chi connectivity index (χ0v) is 8.67. The molecular weight excluding hydrogens is 164 g/mol. The Morgan fingerprint density at radius 2 is 2.08 bits per heavy atom. The maximum absolute atomic E-state index is 11.5. The van der Waals surface area contributed by atoms with E-state index in [-0.39, 0.29) is 11.9 Å². The van der Waals surface area contributed by atoms with Gasteiger partial charge in [-0.3, -0.25) is 4.79 Å². The zero-order chi connectivity index (χ0) is 10.0. The molecule has 2 heteroatoms. The molecule has 0 N–H and O–H groups in total. The van der Waals surface area contributed by atoms with Crippen LogP contribution >= 0.6 is 0 Å². The van der Waals surface area contributed by atoms with Gasteiger partial charge in [0.25, 0.3) is 0 Å². The second-order valence-electron chi connectivity index (χ2n) is 4.06. The van der Waals surface area contributed by atoms with Gasteiger partial charge in [-0.2, -0.15) is 0 Å². The van der Waals surface area contributed by atoms with Crippen LogP contribution in [0.5, 0.6) is 0 Å². The lowest BCUT2D eigenvalue weighted by Gasteiger charge is -2.20. The van der Waals surface area contributed by atoms with Crippen molar-refractivity contribution in [1.29, 1.82) is 0 Å². The van der Waals surface area contributed by atoms with Crippen molar-refractivity contribution in [2.75, 3.05) is 7.11 Å². The molecular formula is C11H18O2. The predicted molar refractivity (Wildman–Crippen MR) is 52.2 cm³/mol. The summed E-state index contributed by atoms with van der Waals surface area (Å²) < 4.78 is 4.80. The summed E-state index contributed by atoms with van der Waals surface area (Å²) in [5.74, 6) is 0.747. The second-order valence-corrected chi connectivity index (χ2v) is 4.06. The van der Waals surface area contributed by atoms with Crippen LogP contribution in [-0.4, -0.2) is 13.1 Å². The van der Waals surface area contributed by atoms with Gasteiger partial charge in [0.1, 0.15) is 0 Å². The molecule has 0 aliphatic heterocycles. The highest BCUT2D eigenvalue weighted by atomic mass is 16.5. The summed E-state index contributed by atoms with van der Waals surface area (Å²) >= 11 is 0. The SMILES string of the molecule is C=C(C)[C@@H]1CC[C@@H](C)[C@@H]1C(=O)OC. The Morgan fingerprint density at radius 1 is 1.46 bits per heavy atom. The minimum absolute atomic E-state index is 0.0440. The maximum Gasteiger partial charge on any atom is 0.309 e. The van der Waals surface area contributed by atoms with E-state index in [9.17, 15) is 4.79 Å². The van der Waals surface area contributed by atoms with E-state index in [2.05, 4.69) is 13.5 Å². The molecule has 0 unspecified atom stereocenters. The largest absolute Gasteiger partial charge is 0.469 e. The number of hydrogen-bond donors (Lipinski definition) is 0. The molecule has 1 fully saturated rings. The first kappa shape index (κ1) is 10.3. The fraction of sp³-hybridized carbons (Fsp3) is 0.727. The van der Waals surface area contributed by atoms with Gasteiger partial charge in [-0.05, 0) is 31.6 Å². The van der Waals surface area contributed by atoms with Gasteiger partial charge in [-0.15, -0.1) is 0 Å². The highest BCUT2D eigenvalue weighted by Crippen LogP contribution is 2.40. The summed E-state index contributed by atoms with van der Waals surface area (Å²) in [5, 5.41) is 0. The van der Waals surface area contributed by atoms with Crippen molar-refractivity contribution in [2.24, 2.45) is 17.8 Å². The summed E-state index contributed by atoms with van der Waals surface area (Å²) in [6.07, 6.45) is 2.19. The third-order valence-corrected chi connectivity index (χ3v) is 3.09. The number of ether oxygens (including phenoxy) is 1. The summed E-state index contributed by atoms with van der Waals surface area (Å²) in [7, 11) is 1.46. The first-order chi connectivity index (χ1) is 6.07.